The van der Waals surface area contributed by atoms with E-state index in [1.54, 1.807) is 18.5 Å². The van der Waals surface area contributed by atoms with E-state index in [4.69, 9.17) is 4.74 Å². The van der Waals surface area contributed by atoms with Crippen LogP contribution in [0, 0.1) is 6.92 Å². The molecule has 0 spiro atoms. The van der Waals surface area contributed by atoms with Crippen molar-refractivity contribution in [1.29, 1.82) is 0 Å². The summed E-state index contributed by atoms with van der Waals surface area (Å²) in [6, 6.07) is 7.95. The summed E-state index contributed by atoms with van der Waals surface area (Å²) in [6.07, 6.45) is 5.52. The number of aromatic nitrogens is 3. The first-order valence-electron chi connectivity index (χ1n) is 9.45. The van der Waals surface area contributed by atoms with Crippen molar-refractivity contribution in [3.05, 3.63) is 48.4 Å². The highest BCUT2D eigenvalue weighted by Gasteiger charge is 2.18. The smallest absolute Gasteiger partial charge is 0.242 e. The molecule has 2 aromatic heterocycles. The first-order valence-corrected chi connectivity index (χ1v) is 9.45. The molecule has 0 saturated carbocycles. The summed E-state index contributed by atoms with van der Waals surface area (Å²) >= 11 is 0. The standard InChI is InChI=1S/C19H20N4O2.C2H6/c1-14-12-23(13-18(24)22-7-9-25-10-8-22)17-4-3-15(11-16(14)17)19-20-5-2-6-21-19;1-2/h2-6,11-12H,7-10,13H2,1H3;1-2H3. The van der Waals surface area contributed by atoms with Crippen molar-refractivity contribution in [3.63, 3.8) is 0 Å². The van der Waals surface area contributed by atoms with Gasteiger partial charge in [-0.3, -0.25) is 4.79 Å². The molecule has 3 heterocycles. The van der Waals surface area contributed by atoms with Crippen molar-refractivity contribution in [1.82, 2.24) is 19.4 Å². The van der Waals surface area contributed by atoms with Gasteiger partial charge in [-0.2, -0.15) is 0 Å². The lowest BCUT2D eigenvalue weighted by molar-refractivity contribution is -0.135. The fraction of sp³-hybridized carbons (Fsp3) is 0.381. The Kier molecular flexibility index (Phi) is 6.19. The third-order valence-corrected chi connectivity index (χ3v) is 4.57. The Morgan fingerprint density at radius 3 is 2.56 bits per heavy atom. The molecule has 0 aliphatic carbocycles. The lowest BCUT2D eigenvalue weighted by Crippen LogP contribution is -2.42. The summed E-state index contributed by atoms with van der Waals surface area (Å²) in [4.78, 5) is 23.0. The maximum absolute atomic E-state index is 12.5. The van der Waals surface area contributed by atoms with E-state index in [1.165, 1.54) is 0 Å². The Morgan fingerprint density at radius 1 is 1.15 bits per heavy atom. The molecular weight excluding hydrogens is 340 g/mol. The largest absolute Gasteiger partial charge is 0.378 e. The predicted octanol–water partition coefficient (Wildman–Crippen LogP) is 3.29. The summed E-state index contributed by atoms with van der Waals surface area (Å²) < 4.78 is 7.34. The van der Waals surface area contributed by atoms with Crippen LogP contribution in [-0.4, -0.2) is 51.6 Å². The van der Waals surface area contributed by atoms with Crippen LogP contribution in [0.25, 0.3) is 22.3 Å². The van der Waals surface area contributed by atoms with Gasteiger partial charge in [0.1, 0.15) is 6.54 Å². The minimum atomic E-state index is 0.135. The number of aryl methyl sites for hydroxylation is 1. The number of morpholine rings is 1. The van der Waals surface area contributed by atoms with Gasteiger partial charge in [-0.1, -0.05) is 13.8 Å². The van der Waals surface area contributed by atoms with Gasteiger partial charge < -0.3 is 14.2 Å². The highest BCUT2D eigenvalue weighted by molar-refractivity contribution is 5.89. The van der Waals surface area contributed by atoms with Crippen LogP contribution < -0.4 is 0 Å². The van der Waals surface area contributed by atoms with Crippen molar-refractivity contribution < 1.29 is 9.53 Å². The number of fused-ring (bicyclic) bond motifs is 1. The molecule has 0 radical (unpaired) electrons. The second kappa shape index (κ2) is 8.77. The van der Waals surface area contributed by atoms with Crippen molar-refractivity contribution in [2.45, 2.75) is 27.3 Å². The zero-order chi connectivity index (χ0) is 19.2. The van der Waals surface area contributed by atoms with Gasteiger partial charge >= 0.3 is 0 Å². The molecule has 0 unspecified atom stereocenters. The number of carbonyl (C=O) groups is 1. The van der Waals surface area contributed by atoms with Gasteiger partial charge in [-0.15, -0.1) is 0 Å². The molecule has 4 rings (SSSR count). The lowest BCUT2D eigenvalue weighted by Gasteiger charge is -2.27. The Morgan fingerprint density at radius 2 is 1.85 bits per heavy atom. The molecule has 142 valence electrons. The van der Waals surface area contributed by atoms with Crippen LogP contribution in [0.4, 0.5) is 0 Å². The van der Waals surface area contributed by atoms with Gasteiger partial charge in [0, 0.05) is 48.1 Å². The zero-order valence-corrected chi connectivity index (χ0v) is 16.2. The average Bonchev–Trinajstić information content (AvgIpc) is 3.05. The fourth-order valence-electron chi connectivity index (χ4n) is 3.25. The number of ether oxygens (including phenoxy) is 1. The minimum Gasteiger partial charge on any atom is -0.378 e. The van der Waals surface area contributed by atoms with Gasteiger partial charge in [0.15, 0.2) is 5.82 Å². The minimum absolute atomic E-state index is 0.135. The molecule has 1 saturated heterocycles. The molecule has 3 aromatic rings. The topological polar surface area (TPSA) is 60.2 Å². The van der Waals surface area contributed by atoms with Gasteiger partial charge in [-0.25, -0.2) is 9.97 Å². The lowest BCUT2D eigenvalue weighted by atomic mass is 10.1. The van der Waals surface area contributed by atoms with Crippen molar-refractivity contribution in [2.24, 2.45) is 0 Å². The van der Waals surface area contributed by atoms with Crippen LogP contribution >= 0.6 is 0 Å². The molecule has 0 atom stereocenters. The monoisotopic (exact) mass is 366 g/mol. The maximum atomic E-state index is 12.5. The molecule has 27 heavy (non-hydrogen) atoms. The highest BCUT2D eigenvalue weighted by atomic mass is 16.5. The fourth-order valence-corrected chi connectivity index (χ4v) is 3.25. The number of carbonyl (C=O) groups excluding carboxylic acids is 1. The Labute approximate surface area is 159 Å². The molecule has 1 aliphatic rings. The number of benzene rings is 1. The Hall–Kier alpha value is -2.73. The van der Waals surface area contributed by atoms with Crippen LogP contribution in [0.1, 0.15) is 19.4 Å². The number of hydrogen-bond donors (Lipinski definition) is 0. The number of hydrogen-bond acceptors (Lipinski definition) is 4. The third kappa shape index (κ3) is 4.17. The molecule has 1 fully saturated rings. The van der Waals surface area contributed by atoms with Gasteiger partial charge in [0.05, 0.1) is 13.2 Å². The molecule has 0 bridgehead atoms. The summed E-state index contributed by atoms with van der Waals surface area (Å²) in [6.45, 7) is 9.01. The molecule has 1 aromatic carbocycles. The van der Waals surface area contributed by atoms with Crippen molar-refractivity contribution in [3.8, 4) is 11.4 Å². The van der Waals surface area contributed by atoms with E-state index in [0.29, 0.717) is 38.7 Å². The van der Waals surface area contributed by atoms with Gasteiger partial charge in [0.2, 0.25) is 5.91 Å². The van der Waals surface area contributed by atoms with E-state index in [9.17, 15) is 4.79 Å². The van der Waals surface area contributed by atoms with Crippen LogP contribution in [0.3, 0.4) is 0 Å². The van der Waals surface area contributed by atoms with Crippen LogP contribution in [0.2, 0.25) is 0 Å². The normalized spacial score (nSPS) is 14.0. The number of rotatable bonds is 3. The van der Waals surface area contributed by atoms with Crippen LogP contribution in [-0.2, 0) is 16.1 Å². The summed E-state index contributed by atoms with van der Waals surface area (Å²) in [5.41, 5.74) is 3.18. The number of nitrogens with zero attached hydrogens (tertiary/aromatic N) is 4. The SMILES string of the molecule is CC.Cc1cn(CC(=O)N2CCOCC2)c2ccc(-c3ncccn3)cc12. The van der Waals surface area contributed by atoms with E-state index in [2.05, 4.69) is 23.0 Å². The zero-order valence-electron chi connectivity index (χ0n) is 16.2. The Bertz CT molecular complexity index is 899. The molecule has 1 aliphatic heterocycles. The van der Waals surface area contributed by atoms with E-state index >= 15 is 0 Å². The molecule has 0 N–H and O–H groups in total. The van der Waals surface area contributed by atoms with Gasteiger partial charge in [-0.05, 0) is 36.8 Å². The second-order valence-electron chi connectivity index (χ2n) is 6.24. The average molecular weight is 366 g/mol. The summed E-state index contributed by atoms with van der Waals surface area (Å²) in [7, 11) is 0. The predicted molar refractivity (Wildman–Crippen MR) is 106 cm³/mol. The Balaban J connectivity index is 0.00000102. The molecular formula is C21H26N4O2. The quantitative estimate of drug-likeness (QED) is 0.714. The van der Waals surface area contributed by atoms with E-state index in [1.807, 2.05) is 41.6 Å². The summed E-state index contributed by atoms with van der Waals surface area (Å²) in [5, 5.41) is 1.12. The molecule has 6 nitrogen and oxygen atoms in total. The number of amides is 1. The summed E-state index contributed by atoms with van der Waals surface area (Å²) in [5.74, 6) is 0.844. The van der Waals surface area contributed by atoms with E-state index < -0.39 is 0 Å². The van der Waals surface area contributed by atoms with E-state index in [0.717, 1.165) is 22.0 Å². The molecule has 1 amide bonds. The first kappa shape index (κ1) is 19.0. The second-order valence-corrected chi connectivity index (χ2v) is 6.24. The van der Waals surface area contributed by atoms with Crippen molar-refractivity contribution >= 4 is 16.8 Å². The van der Waals surface area contributed by atoms with Crippen LogP contribution in [0.15, 0.2) is 42.9 Å². The van der Waals surface area contributed by atoms with Gasteiger partial charge in [0.25, 0.3) is 0 Å². The maximum Gasteiger partial charge on any atom is 0.242 e. The van der Waals surface area contributed by atoms with E-state index in [-0.39, 0.29) is 5.91 Å². The first-order chi connectivity index (χ1) is 13.2. The third-order valence-electron chi connectivity index (χ3n) is 4.57. The van der Waals surface area contributed by atoms with Crippen LogP contribution in [0.5, 0.6) is 0 Å². The highest BCUT2D eigenvalue weighted by Crippen LogP contribution is 2.26. The van der Waals surface area contributed by atoms with Crippen molar-refractivity contribution in [2.75, 3.05) is 26.3 Å². The molecule has 6 heteroatoms.